The van der Waals surface area contributed by atoms with Crippen LogP contribution in [0, 0.1) is 0 Å². The predicted molar refractivity (Wildman–Crippen MR) is 286 cm³/mol. The van der Waals surface area contributed by atoms with Gasteiger partial charge >= 0.3 is 0 Å². The lowest BCUT2D eigenvalue weighted by atomic mass is 9.88. The third-order valence-corrected chi connectivity index (χ3v) is 14.8. The van der Waals surface area contributed by atoms with Crippen LogP contribution in [0.25, 0.3) is 0 Å². The first-order valence-electron chi connectivity index (χ1n) is 27.1. The molecule has 0 spiro atoms. The number of carbonyl (C=O) groups is 9. The molecule has 21 heteroatoms. The second kappa shape index (κ2) is 28.0. The van der Waals surface area contributed by atoms with Crippen LogP contribution in [0.15, 0.2) is 55.0 Å². The van der Waals surface area contributed by atoms with Crippen LogP contribution < -0.4 is 35.8 Å². The van der Waals surface area contributed by atoms with Crippen molar-refractivity contribution in [1.82, 2.24) is 46.0 Å². The molecule has 6 aliphatic rings. The zero-order chi connectivity index (χ0) is 55.0. The van der Waals surface area contributed by atoms with Crippen molar-refractivity contribution in [3.63, 3.8) is 0 Å². The molecule has 3 amide bonds. The average Bonchev–Trinajstić information content (AvgIpc) is 3.40. The molecule has 5 heterocycles. The Hall–Kier alpha value is -6.84. The SMILES string of the molecule is CC(C)NC1CC(Oc2ccnc(CC(=O)N(C)C3CCC(=O)CC3=O)c2)C1.CN(C(=O)Cc1ccc(N2CCNCC2)cn1)C1CCC(=O)CC1=O.O=C1CCC(NC(=O)Cc2ccc(N3CCNCC3)cn2)C(=O)C1. The molecule has 4 N–H and O–H groups in total. The second-order valence-corrected chi connectivity index (χ2v) is 21.1. The number of hydrogen-bond acceptors (Lipinski definition) is 18. The van der Waals surface area contributed by atoms with E-state index in [1.54, 1.807) is 44.8 Å². The number of rotatable bonds is 15. The van der Waals surface area contributed by atoms with E-state index in [4.69, 9.17) is 4.74 Å². The van der Waals surface area contributed by atoms with Crippen LogP contribution in [0.2, 0.25) is 0 Å². The van der Waals surface area contributed by atoms with Gasteiger partial charge in [0.25, 0.3) is 0 Å². The Labute approximate surface area is 450 Å². The first-order valence-corrected chi connectivity index (χ1v) is 27.1. The molecule has 3 aromatic rings. The van der Waals surface area contributed by atoms with Crippen molar-refractivity contribution in [2.75, 3.05) is 76.3 Å². The van der Waals surface area contributed by atoms with Gasteiger partial charge in [0.05, 0.1) is 86.1 Å². The molecule has 414 valence electrons. The number of nitrogens with one attached hydrogen (secondary N) is 4. The minimum atomic E-state index is -0.532. The molecular formula is C56H75N11O10. The van der Waals surface area contributed by atoms with Gasteiger partial charge in [0.1, 0.15) is 29.2 Å². The maximum atomic E-state index is 12.6. The molecule has 6 fully saturated rings. The highest BCUT2D eigenvalue weighted by Crippen LogP contribution is 2.27. The van der Waals surface area contributed by atoms with Crippen LogP contribution in [0.4, 0.5) is 11.4 Å². The molecule has 0 bridgehead atoms. The number of carbonyl (C=O) groups excluding carboxylic acids is 9. The summed E-state index contributed by atoms with van der Waals surface area (Å²) in [5, 5.41) is 12.8. The Morgan fingerprint density at radius 3 is 1.58 bits per heavy atom. The lowest BCUT2D eigenvalue weighted by Crippen LogP contribution is -2.49. The largest absolute Gasteiger partial charge is 0.490 e. The van der Waals surface area contributed by atoms with Gasteiger partial charge in [0.15, 0.2) is 17.3 Å². The van der Waals surface area contributed by atoms with Gasteiger partial charge in [-0.2, -0.15) is 0 Å². The van der Waals surface area contributed by atoms with E-state index in [0.717, 1.165) is 76.6 Å². The molecule has 2 saturated heterocycles. The predicted octanol–water partition coefficient (Wildman–Crippen LogP) is 1.70. The molecule has 4 saturated carbocycles. The first kappa shape index (κ1) is 57.9. The first-order chi connectivity index (χ1) is 37.0. The molecule has 3 atom stereocenters. The van der Waals surface area contributed by atoms with E-state index in [1.165, 1.54) is 9.80 Å². The molecule has 77 heavy (non-hydrogen) atoms. The fraction of sp³-hybridized carbons (Fsp3) is 0.571. The molecule has 3 unspecified atom stereocenters. The maximum absolute atomic E-state index is 12.6. The van der Waals surface area contributed by atoms with Gasteiger partial charge in [0.2, 0.25) is 17.7 Å². The van der Waals surface area contributed by atoms with Crippen LogP contribution in [0.5, 0.6) is 5.75 Å². The number of amides is 3. The van der Waals surface area contributed by atoms with Gasteiger partial charge in [-0.25, -0.2) is 0 Å². The Bertz CT molecular complexity index is 2580. The van der Waals surface area contributed by atoms with Gasteiger partial charge in [-0.3, -0.25) is 58.1 Å². The normalized spacial score (nSPS) is 22.7. The van der Waals surface area contributed by atoms with E-state index < -0.39 is 18.1 Å². The number of piperazine rings is 2. The molecule has 0 radical (unpaired) electrons. The lowest BCUT2D eigenvalue weighted by molar-refractivity contribution is -0.142. The van der Waals surface area contributed by atoms with E-state index in [-0.39, 0.29) is 97.0 Å². The zero-order valence-corrected chi connectivity index (χ0v) is 44.9. The number of aromatic nitrogens is 3. The molecule has 4 aliphatic carbocycles. The van der Waals surface area contributed by atoms with Crippen LogP contribution in [0.3, 0.4) is 0 Å². The summed E-state index contributed by atoms with van der Waals surface area (Å²) in [6, 6.07) is 10.7. The Balaban J connectivity index is 0.000000168. The van der Waals surface area contributed by atoms with Gasteiger partial charge in [0, 0.05) is 121 Å². The smallest absolute Gasteiger partial charge is 0.228 e. The molecule has 2 aliphatic heterocycles. The summed E-state index contributed by atoms with van der Waals surface area (Å²) < 4.78 is 5.99. The molecule has 21 nitrogen and oxygen atoms in total. The second-order valence-electron chi connectivity index (χ2n) is 21.1. The number of likely N-dealkylation sites (N-methyl/N-ethyl adjacent to an activating group) is 2. The fourth-order valence-corrected chi connectivity index (χ4v) is 10.2. The summed E-state index contributed by atoms with van der Waals surface area (Å²) in [5.41, 5.74) is 4.10. The molecule has 0 aromatic carbocycles. The Morgan fingerprint density at radius 1 is 0.636 bits per heavy atom. The van der Waals surface area contributed by atoms with Crippen LogP contribution in [0.1, 0.15) is 102 Å². The van der Waals surface area contributed by atoms with Crippen LogP contribution in [-0.2, 0) is 62.4 Å². The number of anilines is 2. The van der Waals surface area contributed by atoms with E-state index in [9.17, 15) is 43.2 Å². The quantitative estimate of drug-likeness (QED) is 0.158. The average molecular weight is 1060 g/mol. The highest BCUT2D eigenvalue weighted by atomic mass is 16.5. The number of ether oxygens (including phenoxy) is 1. The minimum Gasteiger partial charge on any atom is -0.490 e. The van der Waals surface area contributed by atoms with Crippen molar-refractivity contribution in [3.8, 4) is 5.75 Å². The summed E-state index contributed by atoms with van der Waals surface area (Å²) in [5.74, 6) is -0.490. The molecule has 3 aromatic heterocycles. The molecule has 9 rings (SSSR count). The van der Waals surface area contributed by atoms with Crippen LogP contribution in [-0.4, -0.2) is 180 Å². The number of pyridine rings is 3. The third-order valence-electron chi connectivity index (χ3n) is 14.8. The summed E-state index contributed by atoms with van der Waals surface area (Å²) in [7, 11) is 3.26. The monoisotopic (exact) mass is 1060 g/mol. The third kappa shape index (κ3) is 17.3. The lowest BCUT2D eigenvalue weighted by Gasteiger charge is -2.37. The Morgan fingerprint density at radius 2 is 1.12 bits per heavy atom. The van der Waals surface area contributed by atoms with Crippen LogP contribution >= 0.6 is 0 Å². The summed E-state index contributed by atoms with van der Waals surface area (Å²) >= 11 is 0. The van der Waals surface area contributed by atoms with E-state index in [0.29, 0.717) is 73.4 Å². The summed E-state index contributed by atoms with van der Waals surface area (Å²) in [6.07, 6.45) is 9.88. The van der Waals surface area contributed by atoms with E-state index in [1.807, 2.05) is 24.3 Å². The van der Waals surface area contributed by atoms with Crippen molar-refractivity contribution in [3.05, 3.63) is 72.1 Å². The van der Waals surface area contributed by atoms with Crippen molar-refractivity contribution in [2.24, 2.45) is 0 Å². The van der Waals surface area contributed by atoms with E-state index >= 15 is 0 Å². The topological polar surface area (TPSA) is 263 Å². The molecular weight excluding hydrogens is 987 g/mol. The summed E-state index contributed by atoms with van der Waals surface area (Å²) in [4.78, 5) is 127. The number of ketones is 6. The zero-order valence-electron chi connectivity index (χ0n) is 44.9. The number of hydrogen-bond donors (Lipinski definition) is 4. The van der Waals surface area contributed by atoms with Crippen molar-refractivity contribution in [2.45, 2.75) is 140 Å². The minimum absolute atomic E-state index is 0.0349. The van der Waals surface area contributed by atoms with Gasteiger partial charge in [-0.1, -0.05) is 13.8 Å². The van der Waals surface area contributed by atoms with Crippen molar-refractivity contribution < 1.29 is 47.9 Å². The fourth-order valence-electron chi connectivity index (χ4n) is 10.2. The summed E-state index contributed by atoms with van der Waals surface area (Å²) in [6.45, 7) is 11.9. The highest BCUT2D eigenvalue weighted by molar-refractivity contribution is 6.06. The van der Waals surface area contributed by atoms with Gasteiger partial charge < -0.3 is 45.6 Å². The van der Waals surface area contributed by atoms with Crippen molar-refractivity contribution >= 4 is 63.8 Å². The van der Waals surface area contributed by atoms with Gasteiger partial charge in [-0.05, 0) is 62.4 Å². The van der Waals surface area contributed by atoms with Gasteiger partial charge in [-0.15, -0.1) is 0 Å². The maximum Gasteiger partial charge on any atom is 0.228 e. The number of nitrogens with zero attached hydrogens (tertiary/aromatic N) is 7. The van der Waals surface area contributed by atoms with E-state index in [2.05, 4.69) is 59.9 Å². The highest BCUT2D eigenvalue weighted by Gasteiger charge is 2.35. The Kier molecular flexibility index (Phi) is 21.0. The number of Topliss-reactive ketones (excluding diaryl/α,β-unsaturated/α-hetero) is 6. The van der Waals surface area contributed by atoms with Crippen molar-refractivity contribution in [1.29, 1.82) is 0 Å². The standard InChI is InChI=1S/C21H29N3O4.C18H24N4O3.C17H22N4O3/c1-13(2)23-15-9-18(10-15)28-17-6-7-22-14(8-17)11-21(27)24(3)19-5-4-16(25)12-20(19)26;1-21(16-5-4-15(23)11-17(16)24)18(25)10-13-2-3-14(12-20-13)22-8-6-19-7-9-22;22-14-3-4-15(16(23)10-14)20-17(24)9-12-1-2-13(11-19-12)21-7-5-18-6-8-21/h6-8,13,15,18-19,23H,4-5,9-12H2,1-3H3;2-3,12,16,19H,4-11H2,1H3;1-2,11,15,18H,3-10H2,(H,20,24).